The quantitative estimate of drug-likeness (QED) is 0.912. The molecule has 1 unspecified atom stereocenters. The van der Waals surface area contributed by atoms with Gasteiger partial charge in [-0.3, -0.25) is 4.79 Å². The van der Waals surface area contributed by atoms with Crippen LogP contribution in [0.15, 0.2) is 36.5 Å². The monoisotopic (exact) mass is 334 g/mol. The molecule has 0 radical (unpaired) electrons. The van der Waals surface area contributed by atoms with Gasteiger partial charge in [0, 0.05) is 30.8 Å². The normalized spacial score (nSPS) is 16.8. The Hall–Kier alpha value is -2.54. The van der Waals surface area contributed by atoms with Crippen molar-refractivity contribution in [1.29, 1.82) is 0 Å². The van der Waals surface area contributed by atoms with Crippen molar-refractivity contribution < 1.29 is 23.0 Å². The molecule has 126 valence electrons. The molecule has 1 aromatic heterocycles. The van der Waals surface area contributed by atoms with Crippen LogP contribution in [0.1, 0.15) is 22.3 Å². The molecule has 1 aliphatic rings. The number of carbonyl (C=O) groups is 1. The second-order valence-corrected chi connectivity index (χ2v) is 5.37. The Balaban J connectivity index is 1.58. The van der Waals surface area contributed by atoms with E-state index in [4.69, 9.17) is 9.47 Å². The topological polar surface area (TPSA) is 60.5 Å². The number of aromatic nitrogens is 1. The van der Waals surface area contributed by atoms with Crippen molar-refractivity contribution in [2.45, 2.75) is 19.1 Å². The minimum atomic E-state index is -0.698. The lowest BCUT2D eigenvalue weighted by Gasteiger charge is -2.11. The zero-order chi connectivity index (χ0) is 16.9. The van der Waals surface area contributed by atoms with E-state index in [9.17, 15) is 13.6 Å². The first kappa shape index (κ1) is 16.3. The van der Waals surface area contributed by atoms with E-state index in [-0.39, 0.29) is 23.8 Å². The van der Waals surface area contributed by atoms with E-state index >= 15 is 0 Å². The minimum absolute atomic E-state index is 0.0267. The molecule has 0 bridgehead atoms. The van der Waals surface area contributed by atoms with E-state index in [0.717, 1.165) is 18.6 Å². The van der Waals surface area contributed by atoms with Crippen molar-refractivity contribution in [3.8, 4) is 5.88 Å². The molecule has 24 heavy (non-hydrogen) atoms. The molecular weight excluding hydrogens is 318 g/mol. The number of benzene rings is 1. The number of carbonyl (C=O) groups excluding carboxylic acids is 1. The Morgan fingerprint density at radius 3 is 2.71 bits per heavy atom. The van der Waals surface area contributed by atoms with Gasteiger partial charge in [0.2, 0.25) is 5.88 Å². The summed E-state index contributed by atoms with van der Waals surface area (Å²) in [7, 11) is 0. The summed E-state index contributed by atoms with van der Waals surface area (Å²) in [6.45, 7) is 0.949. The van der Waals surface area contributed by atoms with Crippen LogP contribution in [-0.4, -0.2) is 30.2 Å². The molecule has 1 saturated heterocycles. The fourth-order valence-electron chi connectivity index (χ4n) is 2.33. The molecule has 0 aliphatic carbocycles. The highest BCUT2D eigenvalue weighted by Gasteiger charge is 2.18. The van der Waals surface area contributed by atoms with Crippen LogP contribution in [0.4, 0.5) is 8.78 Å². The average molecular weight is 334 g/mol. The average Bonchev–Trinajstić information content (AvgIpc) is 3.08. The lowest BCUT2D eigenvalue weighted by Crippen LogP contribution is -2.24. The minimum Gasteiger partial charge on any atom is -0.472 e. The largest absolute Gasteiger partial charge is 0.472 e. The fourth-order valence-corrected chi connectivity index (χ4v) is 2.33. The second kappa shape index (κ2) is 7.35. The molecule has 0 saturated carbocycles. The van der Waals surface area contributed by atoms with Gasteiger partial charge in [-0.25, -0.2) is 13.8 Å². The maximum atomic E-state index is 13.5. The lowest BCUT2D eigenvalue weighted by molar-refractivity contribution is 0.0949. The van der Waals surface area contributed by atoms with Gasteiger partial charge in [-0.1, -0.05) is 6.07 Å². The Kier molecular flexibility index (Phi) is 5.00. The molecule has 7 heteroatoms. The maximum Gasteiger partial charge on any atom is 0.253 e. The van der Waals surface area contributed by atoms with Crippen LogP contribution in [0.5, 0.6) is 5.88 Å². The van der Waals surface area contributed by atoms with Crippen molar-refractivity contribution in [2.24, 2.45) is 0 Å². The zero-order valence-corrected chi connectivity index (χ0v) is 12.8. The molecule has 1 aromatic carbocycles. The van der Waals surface area contributed by atoms with Crippen molar-refractivity contribution in [3.05, 3.63) is 59.3 Å². The third-order valence-electron chi connectivity index (χ3n) is 3.66. The second-order valence-electron chi connectivity index (χ2n) is 5.37. The first-order valence-corrected chi connectivity index (χ1v) is 7.55. The smallest absolute Gasteiger partial charge is 0.253 e. The Bertz CT molecular complexity index is 696. The number of hydrogen-bond acceptors (Lipinski definition) is 4. The summed E-state index contributed by atoms with van der Waals surface area (Å²) >= 11 is 0. The van der Waals surface area contributed by atoms with Crippen LogP contribution in [-0.2, 0) is 11.3 Å². The first-order valence-electron chi connectivity index (χ1n) is 7.55. The summed E-state index contributed by atoms with van der Waals surface area (Å²) < 4.78 is 37.8. The van der Waals surface area contributed by atoms with Gasteiger partial charge in [0.25, 0.3) is 5.91 Å². The predicted octanol–water partition coefficient (Wildman–Crippen LogP) is 2.46. The molecule has 0 spiro atoms. The van der Waals surface area contributed by atoms with Crippen molar-refractivity contribution in [1.82, 2.24) is 10.3 Å². The number of hydrogen-bond donors (Lipinski definition) is 1. The number of nitrogens with zero attached hydrogens (tertiary/aromatic N) is 1. The van der Waals surface area contributed by atoms with Gasteiger partial charge in [-0.15, -0.1) is 0 Å². The fraction of sp³-hybridized carbons (Fsp3) is 0.294. The summed E-state index contributed by atoms with van der Waals surface area (Å²) in [5.41, 5.74) is 0.0989. The van der Waals surface area contributed by atoms with Crippen molar-refractivity contribution in [2.75, 3.05) is 13.2 Å². The highest BCUT2D eigenvalue weighted by atomic mass is 19.1. The Morgan fingerprint density at radius 1 is 1.29 bits per heavy atom. The standard InChI is InChI=1S/C17H16F2N2O3/c18-14-2-1-3-15(19)13(14)9-21-17(22)11-4-5-16(20-8-11)24-12-6-7-23-10-12/h1-5,8,12H,6-7,9-10H2,(H,21,22). The summed E-state index contributed by atoms with van der Waals surface area (Å²) in [5.74, 6) is -1.46. The van der Waals surface area contributed by atoms with Crippen LogP contribution in [0.25, 0.3) is 0 Å². The molecule has 1 amide bonds. The number of nitrogens with one attached hydrogen (secondary N) is 1. The third kappa shape index (κ3) is 3.86. The summed E-state index contributed by atoms with van der Waals surface area (Å²) in [5, 5.41) is 2.47. The molecule has 3 rings (SSSR count). The molecular formula is C17H16F2N2O3. The number of rotatable bonds is 5. The molecule has 1 N–H and O–H groups in total. The van der Waals surface area contributed by atoms with Gasteiger partial charge in [0.05, 0.1) is 18.8 Å². The number of halogens is 2. The van der Waals surface area contributed by atoms with Gasteiger partial charge in [-0.05, 0) is 18.2 Å². The summed E-state index contributed by atoms with van der Waals surface area (Å²) in [6, 6.07) is 6.69. The lowest BCUT2D eigenvalue weighted by atomic mass is 10.2. The Morgan fingerprint density at radius 2 is 2.08 bits per heavy atom. The first-order chi connectivity index (χ1) is 11.6. The highest BCUT2D eigenvalue weighted by molar-refractivity contribution is 5.93. The highest BCUT2D eigenvalue weighted by Crippen LogP contribution is 2.15. The van der Waals surface area contributed by atoms with Crippen LogP contribution in [0.3, 0.4) is 0 Å². The van der Waals surface area contributed by atoms with Gasteiger partial charge in [0.1, 0.15) is 17.7 Å². The third-order valence-corrected chi connectivity index (χ3v) is 3.66. The zero-order valence-electron chi connectivity index (χ0n) is 12.8. The van der Waals surface area contributed by atoms with E-state index in [1.165, 1.54) is 12.3 Å². The van der Waals surface area contributed by atoms with Crippen molar-refractivity contribution in [3.63, 3.8) is 0 Å². The van der Waals surface area contributed by atoms with Gasteiger partial charge in [0.15, 0.2) is 0 Å². The van der Waals surface area contributed by atoms with Crippen LogP contribution in [0.2, 0.25) is 0 Å². The van der Waals surface area contributed by atoms with Gasteiger partial charge >= 0.3 is 0 Å². The Labute approximate surface area is 137 Å². The molecule has 5 nitrogen and oxygen atoms in total. The van der Waals surface area contributed by atoms with Crippen LogP contribution >= 0.6 is 0 Å². The van der Waals surface area contributed by atoms with Crippen LogP contribution < -0.4 is 10.1 Å². The number of amides is 1. The predicted molar refractivity (Wildman–Crippen MR) is 81.6 cm³/mol. The van der Waals surface area contributed by atoms with Crippen molar-refractivity contribution >= 4 is 5.91 Å². The van der Waals surface area contributed by atoms with E-state index in [2.05, 4.69) is 10.3 Å². The van der Waals surface area contributed by atoms with Gasteiger partial charge in [-0.2, -0.15) is 0 Å². The van der Waals surface area contributed by atoms with E-state index in [1.807, 2.05) is 0 Å². The maximum absolute atomic E-state index is 13.5. The van der Waals surface area contributed by atoms with E-state index < -0.39 is 17.5 Å². The summed E-state index contributed by atoms with van der Waals surface area (Å²) in [6.07, 6.45) is 2.14. The molecule has 2 heterocycles. The molecule has 1 atom stereocenters. The molecule has 2 aromatic rings. The van der Waals surface area contributed by atoms with Crippen LogP contribution in [0, 0.1) is 11.6 Å². The van der Waals surface area contributed by atoms with E-state index in [1.54, 1.807) is 12.1 Å². The molecule has 1 fully saturated rings. The number of pyridine rings is 1. The van der Waals surface area contributed by atoms with Gasteiger partial charge < -0.3 is 14.8 Å². The van der Waals surface area contributed by atoms with E-state index in [0.29, 0.717) is 19.1 Å². The SMILES string of the molecule is O=C(NCc1c(F)cccc1F)c1ccc(OC2CCOC2)nc1. The summed E-state index contributed by atoms with van der Waals surface area (Å²) in [4.78, 5) is 16.1. The number of ether oxygens (including phenoxy) is 2. The molecule has 1 aliphatic heterocycles.